The highest BCUT2D eigenvalue weighted by Gasteiger charge is 2.55. The van der Waals surface area contributed by atoms with E-state index in [0.29, 0.717) is 0 Å². The van der Waals surface area contributed by atoms with E-state index < -0.39 is 19.1 Å². The van der Waals surface area contributed by atoms with Crippen LogP contribution < -0.4 is 10.4 Å². The third kappa shape index (κ3) is 4.40. The highest BCUT2D eigenvalue weighted by Crippen LogP contribution is 2.41. The maximum atomic E-state index is 13.1. The summed E-state index contributed by atoms with van der Waals surface area (Å²) in [5.74, 6) is 0. The molecule has 4 rings (SSSR count). The van der Waals surface area contributed by atoms with E-state index in [2.05, 4.69) is 76.2 Å². The first kappa shape index (κ1) is 23.1. The van der Waals surface area contributed by atoms with E-state index in [1.54, 1.807) is 0 Å². The van der Waals surface area contributed by atoms with E-state index in [0.717, 1.165) is 10.5 Å². The van der Waals surface area contributed by atoms with Crippen molar-refractivity contribution in [1.82, 2.24) is 0 Å². The Morgan fingerprint density at radius 1 is 0.875 bits per heavy atom. The van der Waals surface area contributed by atoms with Crippen molar-refractivity contribution in [2.75, 3.05) is 0 Å². The molecule has 1 fully saturated rings. The standard InChI is InChI=1S/C27H32O3SSi/c1-20-16-18-22(19-17-20)31(28)26-25(29-26)21(2)30-32(27(3,4)5,23-12-8-6-9-13-23)24-14-10-7-11-15-24/h6-19,21,25-26H,1-5H3/t21-,25-,26+,31-/m0/s1. The molecule has 0 N–H and O–H groups in total. The lowest BCUT2D eigenvalue weighted by Crippen LogP contribution is -2.68. The first-order chi connectivity index (χ1) is 15.2. The molecule has 32 heavy (non-hydrogen) atoms. The van der Waals surface area contributed by atoms with Crippen molar-refractivity contribution in [3.63, 3.8) is 0 Å². The van der Waals surface area contributed by atoms with Crippen molar-refractivity contribution in [2.24, 2.45) is 0 Å². The van der Waals surface area contributed by atoms with Gasteiger partial charge in [-0.3, -0.25) is 4.21 Å². The second-order valence-corrected chi connectivity index (χ2v) is 15.3. The number of benzene rings is 3. The molecule has 1 saturated heterocycles. The molecular formula is C27H32O3SSi. The summed E-state index contributed by atoms with van der Waals surface area (Å²) in [4.78, 5) is 0.806. The van der Waals surface area contributed by atoms with Crippen LogP contribution in [0, 0.1) is 6.92 Å². The molecule has 0 unspecified atom stereocenters. The fraction of sp³-hybridized carbons (Fsp3) is 0.333. The van der Waals surface area contributed by atoms with E-state index >= 15 is 0 Å². The summed E-state index contributed by atoms with van der Waals surface area (Å²) < 4.78 is 26.1. The topological polar surface area (TPSA) is 38.8 Å². The zero-order valence-electron chi connectivity index (χ0n) is 19.4. The third-order valence-electron chi connectivity index (χ3n) is 6.19. The molecular weight excluding hydrogens is 432 g/mol. The predicted octanol–water partition coefficient (Wildman–Crippen LogP) is 4.79. The largest absolute Gasteiger partial charge is 0.402 e. The Hall–Kier alpha value is -2.05. The van der Waals surface area contributed by atoms with Crippen LogP contribution in [0.3, 0.4) is 0 Å². The van der Waals surface area contributed by atoms with Gasteiger partial charge in [-0.15, -0.1) is 0 Å². The van der Waals surface area contributed by atoms with E-state index in [1.165, 1.54) is 10.4 Å². The fourth-order valence-corrected chi connectivity index (χ4v) is 10.5. The van der Waals surface area contributed by atoms with Crippen LogP contribution >= 0.6 is 0 Å². The van der Waals surface area contributed by atoms with Gasteiger partial charge in [-0.1, -0.05) is 99.1 Å². The predicted molar refractivity (Wildman–Crippen MR) is 134 cm³/mol. The minimum atomic E-state index is -2.67. The van der Waals surface area contributed by atoms with Gasteiger partial charge in [0.2, 0.25) is 0 Å². The highest BCUT2D eigenvalue weighted by atomic mass is 32.2. The Morgan fingerprint density at radius 2 is 1.38 bits per heavy atom. The van der Waals surface area contributed by atoms with Gasteiger partial charge in [0.05, 0.1) is 16.9 Å². The van der Waals surface area contributed by atoms with Gasteiger partial charge >= 0.3 is 0 Å². The molecule has 1 aliphatic heterocycles. The van der Waals surface area contributed by atoms with Gasteiger partial charge in [-0.05, 0) is 41.4 Å². The number of hydrogen-bond donors (Lipinski definition) is 0. The average molecular weight is 465 g/mol. The molecule has 0 aliphatic carbocycles. The van der Waals surface area contributed by atoms with E-state index in [9.17, 15) is 4.21 Å². The number of rotatable bonds is 7. The van der Waals surface area contributed by atoms with E-state index in [4.69, 9.17) is 9.16 Å². The summed E-state index contributed by atoms with van der Waals surface area (Å²) in [7, 11) is -3.87. The summed E-state index contributed by atoms with van der Waals surface area (Å²) in [6.07, 6.45) is -0.362. The lowest BCUT2D eigenvalue weighted by Gasteiger charge is -2.44. The van der Waals surface area contributed by atoms with Crippen molar-refractivity contribution in [3.8, 4) is 0 Å². The van der Waals surface area contributed by atoms with Gasteiger partial charge in [0.25, 0.3) is 8.32 Å². The SMILES string of the molecule is Cc1ccc([S@](=O)[C@H]2O[C@H]2[C@H](C)O[Si](c2ccccc2)(c2ccccc2)C(C)(C)C)cc1. The first-order valence-corrected chi connectivity index (χ1v) is 14.3. The molecule has 3 aromatic rings. The Morgan fingerprint density at radius 3 is 1.84 bits per heavy atom. The van der Waals surface area contributed by atoms with Gasteiger partial charge in [-0.25, -0.2) is 0 Å². The molecule has 3 nitrogen and oxygen atoms in total. The smallest absolute Gasteiger partial charge is 0.261 e. The maximum Gasteiger partial charge on any atom is 0.261 e. The zero-order valence-corrected chi connectivity index (χ0v) is 21.3. The highest BCUT2D eigenvalue weighted by molar-refractivity contribution is 7.85. The molecule has 0 amide bonds. The molecule has 5 heteroatoms. The van der Waals surface area contributed by atoms with Crippen molar-refractivity contribution in [1.29, 1.82) is 0 Å². The van der Waals surface area contributed by atoms with E-state index in [-0.39, 0.29) is 22.7 Å². The summed E-state index contributed by atoms with van der Waals surface area (Å²) in [6.45, 7) is 10.9. The van der Waals surface area contributed by atoms with Gasteiger partial charge in [0.15, 0.2) is 5.44 Å². The second kappa shape index (κ2) is 9.06. The molecule has 1 heterocycles. The number of hydrogen-bond acceptors (Lipinski definition) is 3. The van der Waals surface area contributed by atoms with Gasteiger partial charge in [-0.2, -0.15) is 0 Å². The molecule has 0 bridgehead atoms. The summed E-state index contributed by atoms with van der Waals surface area (Å²) >= 11 is 0. The van der Waals surface area contributed by atoms with Gasteiger partial charge in [0, 0.05) is 4.90 Å². The normalized spacial score (nSPS) is 20.5. The van der Waals surface area contributed by atoms with Gasteiger partial charge < -0.3 is 9.16 Å². The third-order valence-corrected chi connectivity index (χ3v) is 12.9. The number of ether oxygens (including phenoxy) is 1. The zero-order chi connectivity index (χ0) is 22.9. The molecule has 0 saturated carbocycles. The molecule has 4 atom stereocenters. The quantitative estimate of drug-likeness (QED) is 0.373. The van der Waals surface area contributed by atoms with Crippen LogP contribution in [0.2, 0.25) is 5.04 Å². The molecule has 168 valence electrons. The van der Waals surface area contributed by atoms with Crippen LogP contribution in [0.25, 0.3) is 0 Å². The van der Waals surface area contributed by atoms with Crippen molar-refractivity contribution >= 4 is 29.5 Å². The minimum absolute atomic E-state index is 0.107. The monoisotopic (exact) mass is 464 g/mol. The van der Waals surface area contributed by atoms with Crippen molar-refractivity contribution in [2.45, 2.75) is 62.2 Å². The van der Waals surface area contributed by atoms with Crippen molar-refractivity contribution < 1.29 is 13.4 Å². The van der Waals surface area contributed by atoms with Crippen LogP contribution in [-0.2, 0) is 20.0 Å². The first-order valence-electron chi connectivity index (χ1n) is 11.2. The van der Waals surface area contributed by atoms with Crippen LogP contribution in [0.5, 0.6) is 0 Å². The lowest BCUT2D eigenvalue weighted by molar-refractivity contribution is 0.164. The second-order valence-electron chi connectivity index (χ2n) is 9.57. The molecule has 0 radical (unpaired) electrons. The van der Waals surface area contributed by atoms with Crippen molar-refractivity contribution in [3.05, 3.63) is 90.5 Å². The average Bonchev–Trinajstić information content (AvgIpc) is 3.59. The Balaban J connectivity index is 1.65. The number of aryl methyl sites for hydroxylation is 1. The summed E-state index contributed by atoms with van der Waals surface area (Å²) in [5, 5.41) is 2.37. The lowest BCUT2D eigenvalue weighted by atomic mass is 10.2. The van der Waals surface area contributed by atoms with Crippen LogP contribution in [-0.4, -0.2) is 30.2 Å². The van der Waals surface area contributed by atoms with Gasteiger partial charge in [0.1, 0.15) is 6.10 Å². The van der Waals surface area contributed by atoms with Crippen LogP contribution in [0.4, 0.5) is 0 Å². The van der Waals surface area contributed by atoms with Crippen LogP contribution in [0.15, 0.2) is 89.8 Å². The number of epoxide rings is 1. The Labute approximate surface area is 195 Å². The Bertz CT molecular complexity index is 1020. The maximum absolute atomic E-state index is 13.1. The van der Waals surface area contributed by atoms with Crippen LogP contribution in [0.1, 0.15) is 33.3 Å². The summed E-state index contributed by atoms with van der Waals surface area (Å²) in [5.41, 5.74) is 0.827. The Kier molecular flexibility index (Phi) is 6.55. The molecule has 1 aliphatic rings. The molecule has 0 aromatic heterocycles. The van der Waals surface area contributed by atoms with E-state index in [1.807, 2.05) is 43.3 Å². The summed E-state index contributed by atoms with van der Waals surface area (Å²) in [6, 6.07) is 29.0. The minimum Gasteiger partial charge on any atom is -0.402 e. The fourth-order valence-electron chi connectivity index (χ4n) is 4.46. The molecule has 0 spiro atoms. The molecule has 3 aromatic carbocycles.